The van der Waals surface area contributed by atoms with E-state index in [0.717, 1.165) is 41.9 Å². The molecule has 1 aliphatic carbocycles. The molecule has 0 spiro atoms. The van der Waals surface area contributed by atoms with E-state index in [-0.39, 0.29) is 17.8 Å². The fraction of sp³-hybridized carbons (Fsp3) is 0.417. The smallest absolute Gasteiger partial charge is 0.341 e. The molecule has 1 N–H and O–H groups in total. The minimum Gasteiger partial charge on any atom is -0.497 e. The lowest BCUT2D eigenvalue weighted by molar-refractivity contribution is -0.113. The zero-order chi connectivity index (χ0) is 24.9. The van der Waals surface area contributed by atoms with E-state index in [4.69, 9.17) is 14.2 Å². The second-order valence-electron chi connectivity index (χ2n) is 8.08. The molecule has 0 bridgehead atoms. The number of anilines is 1. The first kappa shape index (κ1) is 25.1. The van der Waals surface area contributed by atoms with E-state index in [1.54, 1.807) is 7.11 Å². The number of rotatable bonds is 9. The van der Waals surface area contributed by atoms with E-state index in [1.807, 2.05) is 42.8 Å². The van der Waals surface area contributed by atoms with Gasteiger partial charge in [0.25, 0.3) is 0 Å². The predicted molar refractivity (Wildman–Crippen MR) is 135 cm³/mol. The van der Waals surface area contributed by atoms with Crippen molar-refractivity contribution in [2.24, 2.45) is 7.05 Å². The molecule has 2 aromatic heterocycles. The van der Waals surface area contributed by atoms with Gasteiger partial charge >= 0.3 is 5.97 Å². The molecule has 1 amide bonds. The summed E-state index contributed by atoms with van der Waals surface area (Å²) in [5, 5.41) is 12.5. The number of benzene rings is 1. The normalized spacial score (nSPS) is 13.6. The van der Waals surface area contributed by atoms with Crippen molar-refractivity contribution in [2.75, 3.05) is 25.3 Å². The lowest BCUT2D eigenvalue weighted by atomic mass is 9.95. The van der Waals surface area contributed by atoms with E-state index in [2.05, 4.69) is 15.5 Å². The highest BCUT2D eigenvalue weighted by atomic mass is 32.2. The molecule has 11 heteroatoms. The van der Waals surface area contributed by atoms with Crippen LogP contribution in [0.15, 0.2) is 29.4 Å². The largest absolute Gasteiger partial charge is 0.497 e. The monoisotopic (exact) mass is 516 g/mol. The molecule has 0 saturated heterocycles. The van der Waals surface area contributed by atoms with Crippen LogP contribution in [0.3, 0.4) is 0 Å². The third kappa shape index (κ3) is 5.62. The number of carbonyl (C=O) groups is 2. The predicted octanol–water partition coefficient (Wildman–Crippen LogP) is 4.42. The van der Waals surface area contributed by atoms with E-state index in [0.29, 0.717) is 27.3 Å². The van der Waals surface area contributed by atoms with Crippen LogP contribution in [0.25, 0.3) is 0 Å². The van der Waals surface area contributed by atoms with Crippen LogP contribution in [0.5, 0.6) is 11.5 Å². The first-order valence-electron chi connectivity index (χ1n) is 11.3. The Balaban J connectivity index is 1.38. The first-order valence-corrected chi connectivity index (χ1v) is 13.1. The number of carbonyl (C=O) groups excluding carboxylic acids is 2. The summed E-state index contributed by atoms with van der Waals surface area (Å²) in [6.45, 7) is 1.89. The molecule has 2 heterocycles. The van der Waals surface area contributed by atoms with Gasteiger partial charge in [-0.25, -0.2) is 4.79 Å². The van der Waals surface area contributed by atoms with Gasteiger partial charge in [0.15, 0.2) is 17.1 Å². The summed E-state index contributed by atoms with van der Waals surface area (Å²) in [7, 11) is 4.82. The Morgan fingerprint density at radius 3 is 2.57 bits per heavy atom. The molecule has 1 aliphatic rings. The van der Waals surface area contributed by atoms with Crippen LogP contribution in [-0.2, 0) is 29.4 Å². The lowest BCUT2D eigenvalue weighted by Gasteiger charge is -2.14. The number of thiophene rings is 1. The van der Waals surface area contributed by atoms with Crippen LogP contribution in [0, 0.1) is 0 Å². The maximum atomic E-state index is 12.7. The molecule has 0 saturated carbocycles. The Bertz CT molecular complexity index is 1210. The molecule has 9 nitrogen and oxygen atoms in total. The number of nitrogens with one attached hydrogen (secondary N) is 1. The van der Waals surface area contributed by atoms with E-state index in [9.17, 15) is 9.59 Å². The van der Waals surface area contributed by atoms with Crippen molar-refractivity contribution in [2.45, 2.75) is 43.9 Å². The van der Waals surface area contributed by atoms with Crippen molar-refractivity contribution in [3.8, 4) is 11.5 Å². The number of aromatic nitrogens is 3. The molecular weight excluding hydrogens is 488 g/mol. The summed E-state index contributed by atoms with van der Waals surface area (Å²) in [5.41, 5.74) is 1.51. The number of esters is 1. The van der Waals surface area contributed by atoms with Crippen molar-refractivity contribution >= 4 is 40.0 Å². The molecule has 35 heavy (non-hydrogen) atoms. The Kier molecular flexibility index (Phi) is 7.97. The fourth-order valence-corrected chi connectivity index (χ4v) is 5.99. The number of hydrogen-bond donors (Lipinski definition) is 1. The maximum Gasteiger partial charge on any atom is 0.341 e. The van der Waals surface area contributed by atoms with Crippen molar-refractivity contribution in [1.29, 1.82) is 0 Å². The summed E-state index contributed by atoms with van der Waals surface area (Å²) in [6, 6.07) is 7.32. The molecule has 1 atom stereocenters. The van der Waals surface area contributed by atoms with Crippen LogP contribution in [0.2, 0.25) is 0 Å². The standard InChI is InChI=1S/C24H28N4O5S2/c1-14(33-16-11-9-15(31-3)10-12-16)21-26-27-24(28(21)2)34-13-19(29)25-22-20(23(30)32-4)17-7-5-6-8-18(17)35-22/h9-12,14H,5-8,13H2,1-4H3,(H,25,29). The summed E-state index contributed by atoms with van der Waals surface area (Å²) < 4.78 is 17.9. The van der Waals surface area contributed by atoms with Crippen LogP contribution in [0.4, 0.5) is 5.00 Å². The number of ether oxygens (including phenoxy) is 3. The third-order valence-electron chi connectivity index (χ3n) is 5.75. The lowest BCUT2D eigenvalue weighted by Crippen LogP contribution is -2.17. The molecule has 3 aromatic rings. The van der Waals surface area contributed by atoms with E-state index in [1.165, 1.54) is 30.2 Å². The SMILES string of the molecule is COC(=O)c1c(NC(=O)CSc2nnc(C(C)Oc3ccc(OC)cc3)n2C)sc2c1CCCC2. The van der Waals surface area contributed by atoms with Crippen LogP contribution in [0.1, 0.15) is 52.5 Å². The van der Waals surface area contributed by atoms with Gasteiger partial charge in [0.2, 0.25) is 5.91 Å². The number of thioether (sulfide) groups is 1. The quantitative estimate of drug-likeness (QED) is 0.329. The van der Waals surface area contributed by atoms with Crippen molar-refractivity contribution < 1.29 is 23.8 Å². The van der Waals surface area contributed by atoms with Crippen LogP contribution < -0.4 is 14.8 Å². The summed E-state index contributed by atoms with van der Waals surface area (Å²) >= 11 is 2.74. The van der Waals surface area contributed by atoms with Crippen LogP contribution >= 0.6 is 23.1 Å². The number of fused-ring (bicyclic) bond motifs is 1. The highest BCUT2D eigenvalue weighted by molar-refractivity contribution is 7.99. The van der Waals surface area contributed by atoms with Gasteiger partial charge in [-0.2, -0.15) is 0 Å². The van der Waals surface area contributed by atoms with Gasteiger partial charge in [-0.05, 0) is 62.4 Å². The molecular formula is C24H28N4O5S2. The summed E-state index contributed by atoms with van der Waals surface area (Å²) in [5.74, 6) is 1.59. The molecule has 0 aliphatic heterocycles. The zero-order valence-corrected chi connectivity index (χ0v) is 21.8. The third-order valence-corrected chi connectivity index (χ3v) is 7.98. The van der Waals surface area contributed by atoms with Crippen LogP contribution in [-0.4, -0.2) is 46.6 Å². The van der Waals surface area contributed by atoms with E-state index < -0.39 is 5.97 Å². The van der Waals surface area contributed by atoms with Gasteiger partial charge in [0.1, 0.15) is 16.5 Å². The van der Waals surface area contributed by atoms with Crippen molar-refractivity contribution in [3.05, 3.63) is 46.1 Å². The highest BCUT2D eigenvalue weighted by Crippen LogP contribution is 2.38. The Hall–Kier alpha value is -3.05. The second kappa shape index (κ2) is 11.1. The van der Waals surface area contributed by atoms with Gasteiger partial charge in [-0.15, -0.1) is 21.5 Å². The molecule has 186 valence electrons. The molecule has 0 fully saturated rings. The van der Waals surface area contributed by atoms with Gasteiger partial charge in [-0.3, -0.25) is 4.79 Å². The van der Waals surface area contributed by atoms with E-state index >= 15 is 0 Å². The van der Waals surface area contributed by atoms with Gasteiger partial charge in [-0.1, -0.05) is 11.8 Å². The fourth-order valence-electron chi connectivity index (χ4n) is 3.98. The van der Waals surface area contributed by atoms with Crippen molar-refractivity contribution in [1.82, 2.24) is 14.8 Å². The van der Waals surface area contributed by atoms with Gasteiger partial charge in [0.05, 0.1) is 25.5 Å². The van der Waals surface area contributed by atoms with Gasteiger partial charge in [0, 0.05) is 11.9 Å². The highest BCUT2D eigenvalue weighted by Gasteiger charge is 2.27. The Labute approximate surface area is 212 Å². The number of nitrogens with zero attached hydrogens (tertiary/aromatic N) is 3. The number of amides is 1. The molecule has 4 rings (SSSR count). The summed E-state index contributed by atoms with van der Waals surface area (Å²) in [4.78, 5) is 26.3. The number of aryl methyl sites for hydroxylation is 1. The average Bonchev–Trinajstić information content (AvgIpc) is 3.42. The second-order valence-corrected chi connectivity index (χ2v) is 10.1. The molecule has 1 unspecified atom stereocenters. The molecule has 1 aromatic carbocycles. The Morgan fingerprint density at radius 2 is 1.86 bits per heavy atom. The number of methoxy groups -OCH3 is 2. The Morgan fingerprint density at radius 1 is 1.14 bits per heavy atom. The first-order chi connectivity index (χ1) is 16.9. The minimum atomic E-state index is -0.406. The number of hydrogen-bond acceptors (Lipinski definition) is 9. The summed E-state index contributed by atoms with van der Waals surface area (Å²) in [6.07, 6.45) is 3.54. The minimum absolute atomic E-state index is 0.128. The topological polar surface area (TPSA) is 105 Å². The van der Waals surface area contributed by atoms with Gasteiger partial charge < -0.3 is 24.1 Å². The molecule has 0 radical (unpaired) electrons. The van der Waals surface area contributed by atoms with Crippen molar-refractivity contribution in [3.63, 3.8) is 0 Å². The zero-order valence-electron chi connectivity index (χ0n) is 20.1. The maximum absolute atomic E-state index is 12.7. The average molecular weight is 517 g/mol.